The summed E-state index contributed by atoms with van der Waals surface area (Å²) in [4.78, 5) is 24.0. The number of halogens is 1. The minimum Gasteiger partial charge on any atom is -0.449 e. The van der Waals surface area contributed by atoms with Crippen LogP contribution in [0.25, 0.3) is 0 Å². The van der Waals surface area contributed by atoms with Crippen molar-refractivity contribution >= 4 is 34.5 Å². The van der Waals surface area contributed by atoms with Gasteiger partial charge in [0, 0.05) is 10.1 Å². The van der Waals surface area contributed by atoms with E-state index in [1.165, 1.54) is 32.1 Å². The first-order chi connectivity index (χ1) is 10.6. The van der Waals surface area contributed by atoms with Gasteiger partial charge in [-0.1, -0.05) is 25.3 Å². The average molecular weight is 415 g/mol. The Kier molecular flexibility index (Phi) is 6.67. The maximum Gasteiger partial charge on any atom is 0.338 e. The van der Waals surface area contributed by atoms with Crippen LogP contribution in [0.2, 0.25) is 0 Å². The zero-order valence-electron chi connectivity index (χ0n) is 12.8. The van der Waals surface area contributed by atoms with E-state index in [-0.39, 0.29) is 5.91 Å². The lowest BCUT2D eigenvalue weighted by Gasteiger charge is -2.22. The molecular weight excluding hydrogens is 393 g/mol. The SMILES string of the molecule is C[C@@H](OC(=O)c1cccc(I)c1)C(=O)NCC1CCCCC1. The first-order valence-corrected chi connectivity index (χ1v) is 8.88. The van der Waals surface area contributed by atoms with Gasteiger partial charge in [0.25, 0.3) is 5.91 Å². The highest BCUT2D eigenvalue weighted by molar-refractivity contribution is 14.1. The van der Waals surface area contributed by atoms with Crippen molar-refractivity contribution in [2.75, 3.05) is 6.54 Å². The molecule has 1 fully saturated rings. The van der Waals surface area contributed by atoms with E-state index in [0.717, 1.165) is 3.57 Å². The van der Waals surface area contributed by atoms with E-state index in [9.17, 15) is 9.59 Å². The topological polar surface area (TPSA) is 55.4 Å². The number of amides is 1. The maximum atomic E-state index is 12.0. The minimum atomic E-state index is -0.769. The second-order valence-electron chi connectivity index (χ2n) is 5.81. The van der Waals surface area contributed by atoms with Gasteiger partial charge in [-0.15, -0.1) is 0 Å². The molecule has 1 aromatic rings. The molecular formula is C17H22INO3. The number of ether oxygens (including phenoxy) is 1. The zero-order chi connectivity index (χ0) is 15.9. The summed E-state index contributed by atoms with van der Waals surface area (Å²) >= 11 is 2.14. The summed E-state index contributed by atoms with van der Waals surface area (Å²) in [6.07, 6.45) is 5.38. The summed E-state index contributed by atoms with van der Waals surface area (Å²) in [7, 11) is 0. The number of benzene rings is 1. The lowest BCUT2D eigenvalue weighted by Crippen LogP contribution is -2.38. The van der Waals surface area contributed by atoms with E-state index in [0.29, 0.717) is 18.0 Å². The van der Waals surface area contributed by atoms with Crippen molar-refractivity contribution in [3.05, 3.63) is 33.4 Å². The van der Waals surface area contributed by atoms with Crippen molar-refractivity contribution < 1.29 is 14.3 Å². The standard InChI is InChI=1S/C17H22INO3/c1-12(16(20)19-11-13-6-3-2-4-7-13)22-17(21)14-8-5-9-15(18)10-14/h5,8-10,12-13H,2-4,6-7,11H2,1H3,(H,19,20)/t12-/m1/s1. The van der Waals surface area contributed by atoms with Crippen molar-refractivity contribution in [3.63, 3.8) is 0 Å². The van der Waals surface area contributed by atoms with Crippen LogP contribution in [-0.4, -0.2) is 24.5 Å². The van der Waals surface area contributed by atoms with Crippen LogP contribution in [0.5, 0.6) is 0 Å². The monoisotopic (exact) mass is 415 g/mol. The maximum absolute atomic E-state index is 12.0. The average Bonchev–Trinajstić information content (AvgIpc) is 2.53. The minimum absolute atomic E-state index is 0.218. The molecule has 1 aliphatic rings. The fourth-order valence-electron chi connectivity index (χ4n) is 2.68. The molecule has 4 nitrogen and oxygen atoms in total. The summed E-state index contributed by atoms with van der Waals surface area (Å²) in [5, 5.41) is 2.90. The van der Waals surface area contributed by atoms with Crippen LogP contribution >= 0.6 is 22.6 Å². The van der Waals surface area contributed by atoms with Crippen LogP contribution < -0.4 is 5.32 Å². The predicted molar refractivity (Wildman–Crippen MR) is 93.6 cm³/mol. The van der Waals surface area contributed by atoms with Crippen LogP contribution in [0.15, 0.2) is 24.3 Å². The molecule has 0 spiro atoms. The van der Waals surface area contributed by atoms with Crippen molar-refractivity contribution in [1.82, 2.24) is 5.32 Å². The first-order valence-electron chi connectivity index (χ1n) is 7.80. The molecule has 5 heteroatoms. The van der Waals surface area contributed by atoms with Gasteiger partial charge in [-0.2, -0.15) is 0 Å². The van der Waals surface area contributed by atoms with Crippen molar-refractivity contribution in [2.45, 2.75) is 45.1 Å². The van der Waals surface area contributed by atoms with Gasteiger partial charge < -0.3 is 10.1 Å². The Labute approximate surface area is 145 Å². The molecule has 0 saturated heterocycles. The van der Waals surface area contributed by atoms with Crippen molar-refractivity contribution in [3.8, 4) is 0 Å². The predicted octanol–water partition coefficient (Wildman–Crippen LogP) is 3.53. The number of carbonyl (C=O) groups excluding carboxylic acids is 2. The molecule has 0 unspecified atom stereocenters. The molecule has 1 aromatic carbocycles. The van der Waals surface area contributed by atoms with E-state index < -0.39 is 12.1 Å². The zero-order valence-corrected chi connectivity index (χ0v) is 15.0. The van der Waals surface area contributed by atoms with Gasteiger partial charge in [0.15, 0.2) is 6.10 Å². The molecule has 1 amide bonds. The Bertz CT molecular complexity index is 526. The van der Waals surface area contributed by atoms with Crippen LogP contribution in [0.3, 0.4) is 0 Å². The summed E-state index contributed by atoms with van der Waals surface area (Å²) in [5.41, 5.74) is 0.471. The summed E-state index contributed by atoms with van der Waals surface area (Å²) in [6.45, 7) is 2.30. The second kappa shape index (κ2) is 8.50. The normalized spacial score (nSPS) is 16.8. The number of rotatable bonds is 5. The molecule has 1 atom stereocenters. The lowest BCUT2D eigenvalue weighted by atomic mass is 9.89. The lowest BCUT2D eigenvalue weighted by molar-refractivity contribution is -0.129. The Morgan fingerprint density at radius 1 is 1.32 bits per heavy atom. The Morgan fingerprint density at radius 2 is 2.05 bits per heavy atom. The molecule has 0 radical (unpaired) electrons. The van der Waals surface area contributed by atoms with E-state index in [1.54, 1.807) is 25.1 Å². The van der Waals surface area contributed by atoms with Crippen LogP contribution in [-0.2, 0) is 9.53 Å². The van der Waals surface area contributed by atoms with Crippen LogP contribution in [0.1, 0.15) is 49.4 Å². The smallest absolute Gasteiger partial charge is 0.338 e. The molecule has 2 rings (SSSR count). The molecule has 1 saturated carbocycles. The van der Waals surface area contributed by atoms with Crippen molar-refractivity contribution in [2.24, 2.45) is 5.92 Å². The molecule has 0 heterocycles. The largest absolute Gasteiger partial charge is 0.449 e. The van der Waals surface area contributed by atoms with E-state index >= 15 is 0 Å². The quantitative estimate of drug-likeness (QED) is 0.592. The number of esters is 1. The Morgan fingerprint density at radius 3 is 2.73 bits per heavy atom. The molecule has 1 N–H and O–H groups in total. The van der Waals surface area contributed by atoms with E-state index in [2.05, 4.69) is 27.9 Å². The summed E-state index contributed by atoms with van der Waals surface area (Å²) < 4.78 is 6.20. The highest BCUT2D eigenvalue weighted by Gasteiger charge is 2.20. The fourth-order valence-corrected chi connectivity index (χ4v) is 3.22. The number of hydrogen-bond acceptors (Lipinski definition) is 3. The molecule has 120 valence electrons. The number of carbonyl (C=O) groups is 2. The van der Waals surface area contributed by atoms with Gasteiger partial charge in [-0.3, -0.25) is 4.79 Å². The third-order valence-corrected chi connectivity index (χ3v) is 4.67. The molecule has 22 heavy (non-hydrogen) atoms. The van der Waals surface area contributed by atoms with Gasteiger partial charge in [0.2, 0.25) is 0 Å². The Hall–Kier alpha value is -1.11. The van der Waals surface area contributed by atoms with E-state index in [1.807, 2.05) is 6.07 Å². The van der Waals surface area contributed by atoms with Crippen molar-refractivity contribution in [1.29, 1.82) is 0 Å². The molecule has 0 aromatic heterocycles. The molecule has 0 bridgehead atoms. The highest BCUT2D eigenvalue weighted by atomic mass is 127. The van der Waals surface area contributed by atoms with Crippen LogP contribution in [0, 0.1) is 9.49 Å². The fraction of sp³-hybridized carbons (Fsp3) is 0.529. The summed E-state index contributed by atoms with van der Waals surface area (Å²) in [5.74, 6) is -0.111. The summed E-state index contributed by atoms with van der Waals surface area (Å²) in [6, 6.07) is 7.14. The van der Waals surface area contributed by atoms with E-state index in [4.69, 9.17) is 4.74 Å². The third-order valence-electron chi connectivity index (χ3n) is 4.00. The molecule has 0 aliphatic heterocycles. The molecule has 1 aliphatic carbocycles. The van der Waals surface area contributed by atoms with Gasteiger partial charge in [0.1, 0.15) is 0 Å². The Balaban J connectivity index is 1.79. The highest BCUT2D eigenvalue weighted by Crippen LogP contribution is 2.22. The number of nitrogens with one attached hydrogen (secondary N) is 1. The first kappa shape index (κ1) is 17.2. The van der Waals surface area contributed by atoms with Gasteiger partial charge in [-0.25, -0.2) is 4.79 Å². The van der Waals surface area contributed by atoms with Gasteiger partial charge >= 0.3 is 5.97 Å². The van der Waals surface area contributed by atoms with Gasteiger partial charge in [-0.05, 0) is 66.5 Å². The third kappa shape index (κ3) is 5.26. The van der Waals surface area contributed by atoms with Gasteiger partial charge in [0.05, 0.1) is 5.56 Å². The second-order valence-corrected chi connectivity index (χ2v) is 7.05. The number of hydrogen-bond donors (Lipinski definition) is 1. The van der Waals surface area contributed by atoms with Crippen LogP contribution in [0.4, 0.5) is 0 Å².